The van der Waals surface area contributed by atoms with Gasteiger partial charge >= 0.3 is 0 Å². The van der Waals surface area contributed by atoms with E-state index in [9.17, 15) is 8.42 Å². The van der Waals surface area contributed by atoms with Crippen LogP contribution in [-0.2, 0) is 15.9 Å². The van der Waals surface area contributed by atoms with E-state index in [1.54, 1.807) is 18.8 Å². The van der Waals surface area contributed by atoms with Crippen LogP contribution in [0.3, 0.4) is 0 Å². The lowest BCUT2D eigenvalue weighted by atomic mass is 10.2. The van der Waals surface area contributed by atoms with Crippen molar-refractivity contribution in [2.75, 3.05) is 19.1 Å². The molecule has 0 saturated carbocycles. The molecule has 0 radical (unpaired) electrons. The Morgan fingerprint density at radius 2 is 1.90 bits per heavy atom. The first-order chi connectivity index (χ1) is 9.79. The van der Waals surface area contributed by atoms with Gasteiger partial charge in [-0.25, -0.2) is 8.42 Å². The number of hydrogen-bond donors (Lipinski definition) is 0. The average molecular weight is 391 g/mol. The van der Waals surface area contributed by atoms with Crippen molar-refractivity contribution >= 4 is 56.6 Å². The average Bonchev–Trinajstić information content (AvgIpc) is 2.43. The summed E-state index contributed by atoms with van der Waals surface area (Å²) in [4.78, 5) is 0.0475. The predicted octanol–water partition coefficient (Wildman–Crippen LogP) is 4.49. The molecule has 0 fully saturated rings. The molecule has 0 aromatic heterocycles. The van der Waals surface area contributed by atoms with Gasteiger partial charge in [-0.2, -0.15) is 16.1 Å². The zero-order chi connectivity index (χ0) is 16.2. The van der Waals surface area contributed by atoms with Crippen LogP contribution in [0.1, 0.15) is 18.9 Å². The Hall–Kier alpha value is 0.350. The van der Waals surface area contributed by atoms with Gasteiger partial charge in [0.25, 0.3) is 0 Å². The van der Waals surface area contributed by atoms with Crippen molar-refractivity contribution in [1.29, 1.82) is 0 Å². The maximum atomic E-state index is 12.8. The Balaban J connectivity index is 3.30. The van der Waals surface area contributed by atoms with Crippen LogP contribution >= 0.6 is 46.6 Å². The molecule has 1 aromatic carbocycles. The molecule has 3 nitrogen and oxygen atoms in total. The first-order valence-electron chi connectivity index (χ1n) is 6.30. The topological polar surface area (TPSA) is 37.4 Å². The summed E-state index contributed by atoms with van der Waals surface area (Å²) in [6, 6.07) is 2.79. The Morgan fingerprint density at radius 3 is 2.38 bits per heavy atom. The molecule has 0 aliphatic carbocycles. The highest BCUT2D eigenvalue weighted by Crippen LogP contribution is 2.32. The van der Waals surface area contributed by atoms with E-state index in [2.05, 4.69) is 0 Å². The second-order valence-electron chi connectivity index (χ2n) is 4.55. The zero-order valence-electron chi connectivity index (χ0n) is 12.1. The van der Waals surface area contributed by atoms with Crippen molar-refractivity contribution in [2.45, 2.75) is 30.2 Å². The fraction of sp³-hybridized carbons (Fsp3) is 0.538. The summed E-state index contributed by atoms with van der Waals surface area (Å²) in [5.74, 6) is 0.851. The molecular formula is C13H18Cl3NO2S2. The molecule has 0 aliphatic heterocycles. The van der Waals surface area contributed by atoms with E-state index < -0.39 is 10.0 Å². The molecule has 0 bridgehead atoms. The smallest absolute Gasteiger partial charge is 0.207 e. The van der Waals surface area contributed by atoms with Crippen molar-refractivity contribution in [3.63, 3.8) is 0 Å². The fourth-order valence-corrected chi connectivity index (χ4v) is 5.39. The van der Waals surface area contributed by atoms with Crippen molar-refractivity contribution in [3.05, 3.63) is 27.7 Å². The van der Waals surface area contributed by atoms with E-state index in [-0.39, 0.29) is 21.8 Å². The van der Waals surface area contributed by atoms with Gasteiger partial charge in [0.2, 0.25) is 10.0 Å². The molecule has 1 unspecified atom stereocenters. The second-order valence-corrected chi connectivity index (χ2v) is 8.50. The molecular weight excluding hydrogens is 373 g/mol. The van der Waals surface area contributed by atoms with Crippen LogP contribution < -0.4 is 0 Å². The summed E-state index contributed by atoms with van der Waals surface area (Å²) >= 11 is 19.5. The number of hydrogen-bond acceptors (Lipinski definition) is 3. The maximum Gasteiger partial charge on any atom is 0.244 e. The molecule has 0 N–H and O–H groups in total. The predicted molar refractivity (Wildman–Crippen MR) is 93.4 cm³/mol. The lowest BCUT2D eigenvalue weighted by molar-refractivity contribution is 0.385. The minimum Gasteiger partial charge on any atom is -0.207 e. The highest BCUT2D eigenvalue weighted by Gasteiger charge is 2.29. The van der Waals surface area contributed by atoms with Crippen LogP contribution in [0.5, 0.6) is 0 Å². The number of sulfonamides is 1. The number of alkyl halides is 1. The zero-order valence-corrected chi connectivity index (χ0v) is 16.0. The molecule has 0 saturated heterocycles. The third kappa shape index (κ3) is 4.43. The number of benzene rings is 1. The van der Waals surface area contributed by atoms with Gasteiger partial charge in [-0.15, -0.1) is 11.6 Å². The van der Waals surface area contributed by atoms with E-state index in [1.165, 1.54) is 16.4 Å². The SMILES string of the molecule is CCC(CSC)N(C)S(=O)(=O)c1cc(CCl)c(Cl)cc1Cl. The number of nitrogens with zero attached hydrogens (tertiary/aromatic N) is 1. The van der Waals surface area contributed by atoms with Gasteiger partial charge in [0.1, 0.15) is 4.90 Å². The van der Waals surface area contributed by atoms with E-state index in [4.69, 9.17) is 34.8 Å². The quantitative estimate of drug-likeness (QED) is 0.643. The van der Waals surface area contributed by atoms with Gasteiger partial charge in [0.15, 0.2) is 0 Å². The fourth-order valence-electron chi connectivity index (χ4n) is 1.89. The summed E-state index contributed by atoms with van der Waals surface area (Å²) in [6.07, 6.45) is 2.67. The molecule has 0 heterocycles. The van der Waals surface area contributed by atoms with E-state index in [0.29, 0.717) is 10.6 Å². The molecule has 21 heavy (non-hydrogen) atoms. The minimum absolute atomic E-state index is 0.0475. The molecule has 0 spiro atoms. The highest BCUT2D eigenvalue weighted by atomic mass is 35.5. The van der Waals surface area contributed by atoms with Crippen molar-refractivity contribution in [3.8, 4) is 0 Å². The normalized spacial score (nSPS) is 13.7. The van der Waals surface area contributed by atoms with Crippen LogP contribution in [0.2, 0.25) is 10.0 Å². The van der Waals surface area contributed by atoms with E-state index in [0.717, 1.165) is 12.2 Å². The van der Waals surface area contributed by atoms with Crippen LogP contribution in [-0.4, -0.2) is 37.8 Å². The summed E-state index contributed by atoms with van der Waals surface area (Å²) in [6.45, 7) is 1.96. The third-order valence-electron chi connectivity index (χ3n) is 3.25. The van der Waals surface area contributed by atoms with Gasteiger partial charge in [-0.1, -0.05) is 30.1 Å². The van der Waals surface area contributed by atoms with Gasteiger partial charge < -0.3 is 0 Å². The molecule has 8 heteroatoms. The first kappa shape index (κ1) is 19.4. The summed E-state index contributed by atoms with van der Waals surface area (Å²) < 4.78 is 26.9. The van der Waals surface area contributed by atoms with E-state index >= 15 is 0 Å². The van der Waals surface area contributed by atoms with Crippen molar-refractivity contribution in [1.82, 2.24) is 4.31 Å². The first-order valence-corrected chi connectivity index (χ1v) is 10.4. The highest BCUT2D eigenvalue weighted by molar-refractivity contribution is 7.98. The largest absolute Gasteiger partial charge is 0.244 e. The van der Waals surface area contributed by atoms with Gasteiger partial charge in [-0.3, -0.25) is 0 Å². The third-order valence-corrected chi connectivity index (χ3v) is 6.98. The molecule has 0 amide bonds. The molecule has 1 rings (SSSR count). The van der Waals surface area contributed by atoms with Gasteiger partial charge in [0.05, 0.1) is 5.02 Å². The Labute approximate surface area is 146 Å². The molecule has 1 aromatic rings. The van der Waals surface area contributed by atoms with Crippen LogP contribution in [0, 0.1) is 0 Å². The minimum atomic E-state index is -3.68. The van der Waals surface area contributed by atoms with Crippen LogP contribution in [0.15, 0.2) is 17.0 Å². The number of thioether (sulfide) groups is 1. The van der Waals surface area contributed by atoms with Crippen LogP contribution in [0.25, 0.3) is 0 Å². The maximum absolute atomic E-state index is 12.8. The Kier molecular flexibility index (Phi) is 7.64. The van der Waals surface area contributed by atoms with Gasteiger partial charge in [-0.05, 0) is 30.4 Å². The second kappa shape index (κ2) is 8.27. The monoisotopic (exact) mass is 389 g/mol. The van der Waals surface area contributed by atoms with Crippen molar-refractivity contribution < 1.29 is 8.42 Å². The summed E-state index contributed by atoms with van der Waals surface area (Å²) in [7, 11) is -2.11. The molecule has 0 aliphatic rings. The Bertz CT molecular complexity index is 593. The van der Waals surface area contributed by atoms with Gasteiger partial charge in [0, 0.05) is 29.7 Å². The summed E-state index contributed by atoms with van der Waals surface area (Å²) in [5.41, 5.74) is 0.549. The standard InChI is InChI=1S/C13H18Cl3NO2S2/c1-4-10(8-20-3)17(2)21(18,19)13-5-9(7-14)11(15)6-12(13)16/h5-6,10H,4,7-8H2,1-3H3. The van der Waals surface area contributed by atoms with E-state index in [1.807, 2.05) is 13.2 Å². The molecule has 120 valence electrons. The van der Waals surface area contributed by atoms with Crippen molar-refractivity contribution in [2.24, 2.45) is 0 Å². The lowest BCUT2D eigenvalue weighted by Crippen LogP contribution is -2.38. The summed E-state index contributed by atoms with van der Waals surface area (Å²) in [5, 5.41) is 0.479. The number of halogens is 3. The Morgan fingerprint density at radius 1 is 1.29 bits per heavy atom. The lowest BCUT2D eigenvalue weighted by Gasteiger charge is -2.26. The van der Waals surface area contributed by atoms with Crippen LogP contribution in [0.4, 0.5) is 0 Å². The number of rotatable bonds is 7. The molecule has 1 atom stereocenters.